The molecule has 0 saturated carbocycles. The van der Waals surface area contributed by atoms with Gasteiger partial charge in [0.05, 0.1) is 13.2 Å². The van der Waals surface area contributed by atoms with Gasteiger partial charge in [-0.1, -0.05) is 12.1 Å². The summed E-state index contributed by atoms with van der Waals surface area (Å²) in [4.78, 5) is 23.4. The third-order valence-electron chi connectivity index (χ3n) is 7.31. The summed E-state index contributed by atoms with van der Waals surface area (Å²) >= 11 is 0. The summed E-state index contributed by atoms with van der Waals surface area (Å²) in [5.74, 6) is -2.05. The van der Waals surface area contributed by atoms with Crippen LogP contribution in [0.5, 0.6) is 23.0 Å². The number of aromatic hydroxyl groups is 3. The quantitative estimate of drug-likeness (QED) is 0.0811. The van der Waals surface area contributed by atoms with Gasteiger partial charge in [0, 0.05) is 12.5 Å². The SMILES string of the molecule is CC(=O)CCc1ccc(O)c(O[C@@H]2O[C@H](CO[C@@H]3OC[C@](O)(COC(=O)/C=C/c4ccc(O)c(O)c4)[C@H]3O)[C@@H](O)[C@H](O)[C@H]2O)c1. The number of ether oxygens (including phenoxy) is 5. The van der Waals surface area contributed by atoms with Gasteiger partial charge in [0.2, 0.25) is 6.29 Å². The number of rotatable bonds is 12. The number of phenolic OH excluding ortho intramolecular Hbond substituents is 3. The normalized spacial score (nSPS) is 30.0. The van der Waals surface area contributed by atoms with Crippen molar-refractivity contribution in [2.75, 3.05) is 19.8 Å². The van der Waals surface area contributed by atoms with Crippen LogP contribution in [0.2, 0.25) is 0 Å². The Balaban J connectivity index is 1.31. The molecule has 0 aromatic heterocycles. The molecule has 0 unspecified atom stereocenters. The number of Topliss-reactive ketones (excluding diaryl/α,β-unsaturated/α-hetero) is 1. The Hall–Kier alpha value is -3.80. The highest BCUT2D eigenvalue weighted by atomic mass is 16.7. The lowest BCUT2D eigenvalue weighted by molar-refractivity contribution is -0.289. The number of carbonyl (C=O) groups is 2. The second-order valence-corrected chi connectivity index (χ2v) is 10.9. The zero-order valence-corrected chi connectivity index (χ0v) is 24.1. The molecular weight excluding hydrogens is 600 g/mol. The van der Waals surface area contributed by atoms with Crippen LogP contribution in [0, 0.1) is 0 Å². The highest BCUT2D eigenvalue weighted by Crippen LogP contribution is 2.33. The Morgan fingerprint density at radius 3 is 2.40 bits per heavy atom. The van der Waals surface area contributed by atoms with E-state index in [1.165, 1.54) is 43.3 Å². The predicted octanol–water partition coefficient (Wildman–Crippen LogP) is -0.767. The molecule has 4 rings (SSSR count). The molecule has 0 spiro atoms. The van der Waals surface area contributed by atoms with E-state index < -0.39 is 74.5 Å². The topological polar surface area (TPSA) is 242 Å². The summed E-state index contributed by atoms with van der Waals surface area (Å²) in [6.45, 7) is -0.258. The maximum absolute atomic E-state index is 12.1. The molecule has 0 aliphatic carbocycles. The number of ketones is 1. The van der Waals surface area contributed by atoms with E-state index in [0.29, 0.717) is 17.5 Å². The van der Waals surface area contributed by atoms with E-state index in [1.54, 1.807) is 6.07 Å². The lowest BCUT2D eigenvalue weighted by Crippen LogP contribution is -2.60. The second-order valence-electron chi connectivity index (χ2n) is 10.9. The minimum atomic E-state index is -2.07. The van der Waals surface area contributed by atoms with Crippen LogP contribution in [-0.4, -0.2) is 121 Å². The van der Waals surface area contributed by atoms with Crippen LogP contribution in [0.3, 0.4) is 0 Å². The molecule has 2 aromatic rings. The number of hydrogen-bond acceptors (Lipinski definition) is 15. The molecule has 2 heterocycles. The fourth-order valence-corrected chi connectivity index (χ4v) is 4.57. The van der Waals surface area contributed by atoms with E-state index in [9.17, 15) is 50.4 Å². The van der Waals surface area contributed by atoms with E-state index >= 15 is 0 Å². The van der Waals surface area contributed by atoms with Gasteiger partial charge in [0.25, 0.3) is 0 Å². The van der Waals surface area contributed by atoms with Gasteiger partial charge in [-0.2, -0.15) is 0 Å². The number of phenols is 3. The maximum atomic E-state index is 12.1. The van der Waals surface area contributed by atoms with Gasteiger partial charge < -0.3 is 69.3 Å². The van der Waals surface area contributed by atoms with Crippen molar-refractivity contribution in [1.82, 2.24) is 0 Å². The number of benzene rings is 2. The van der Waals surface area contributed by atoms with Gasteiger partial charge in [-0.3, -0.25) is 0 Å². The van der Waals surface area contributed by atoms with E-state index in [1.807, 2.05) is 0 Å². The number of aryl methyl sites for hydroxylation is 1. The molecule has 0 radical (unpaired) electrons. The Kier molecular flexibility index (Phi) is 11.0. The number of aliphatic hydroxyl groups is 5. The molecule has 8 atom stereocenters. The molecule has 2 aromatic carbocycles. The second kappa shape index (κ2) is 14.5. The Morgan fingerprint density at radius 2 is 1.69 bits per heavy atom. The monoisotopic (exact) mass is 636 g/mol. The summed E-state index contributed by atoms with van der Waals surface area (Å²) < 4.78 is 27.0. The largest absolute Gasteiger partial charge is 0.504 e. The first kappa shape index (κ1) is 34.1. The third kappa shape index (κ3) is 8.47. The Labute approximate surface area is 257 Å². The first-order chi connectivity index (χ1) is 21.3. The zero-order valence-electron chi connectivity index (χ0n) is 24.1. The van der Waals surface area contributed by atoms with Crippen LogP contribution in [-0.2, 0) is 35.0 Å². The fraction of sp³-hybridized carbons (Fsp3) is 0.467. The van der Waals surface area contributed by atoms with Crippen LogP contribution in [0.15, 0.2) is 42.5 Å². The van der Waals surface area contributed by atoms with Crippen molar-refractivity contribution in [2.24, 2.45) is 0 Å². The van der Waals surface area contributed by atoms with Crippen LogP contribution in [0.1, 0.15) is 24.5 Å². The van der Waals surface area contributed by atoms with Crippen LogP contribution in [0.4, 0.5) is 0 Å². The van der Waals surface area contributed by atoms with Crippen molar-refractivity contribution >= 4 is 17.8 Å². The van der Waals surface area contributed by atoms with Crippen LogP contribution in [0.25, 0.3) is 6.08 Å². The molecule has 0 amide bonds. The van der Waals surface area contributed by atoms with Crippen molar-refractivity contribution < 1.29 is 74.1 Å². The molecule has 15 heteroatoms. The smallest absolute Gasteiger partial charge is 0.330 e. The van der Waals surface area contributed by atoms with E-state index in [2.05, 4.69) is 0 Å². The lowest BCUT2D eigenvalue weighted by Gasteiger charge is -2.40. The van der Waals surface area contributed by atoms with Crippen molar-refractivity contribution in [3.8, 4) is 23.0 Å². The lowest BCUT2D eigenvalue weighted by atomic mass is 9.99. The van der Waals surface area contributed by atoms with E-state index in [0.717, 1.165) is 6.08 Å². The maximum Gasteiger partial charge on any atom is 0.330 e. The summed E-state index contributed by atoms with van der Waals surface area (Å²) in [7, 11) is 0. The molecule has 8 N–H and O–H groups in total. The molecule has 2 fully saturated rings. The highest BCUT2D eigenvalue weighted by molar-refractivity contribution is 5.87. The number of aliphatic hydroxyl groups excluding tert-OH is 4. The first-order valence-electron chi connectivity index (χ1n) is 14.0. The Bertz CT molecular complexity index is 1380. The number of carbonyl (C=O) groups excluding carboxylic acids is 2. The molecule has 246 valence electrons. The van der Waals surface area contributed by atoms with Crippen LogP contribution >= 0.6 is 0 Å². The van der Waals surface area contributed by atoms with Gasteiger partial charge >= 0.3 is 5.97 Å². The van der Waals surface area contributed by atoms with E-state index in [4.69, 9.17) is 23.7 Å². The Morgan fingerprint density at radius 1 is 0.956 bits per heavy atom. The number of hydrogen-bond donors (Lipinski definition) is 8. The van der Waals surface area contributed by atoms with E-state index in [-0.39, 0.29) is 35.2 Å². The molecule has 2 saturated heterocycles. The number of esters is 1. The highest BCUT2D eigenvalue weighted by Gasteiger charge is 2.51. The standard InChI is InChI=1S/C30H36O15/c1-15(31)2-3-17-5-8-19(33)21(11-17)44-28-26(38)25(37)24(36)22(45-28)12-41-29-27(39)30(40,14-43-29)13-42-23(35)9-6-16-4-7-18(32)20(34)10-16/h4-11,22,24-29,32-34,36-40H,2-3,12-14H2,1H3/b9-6+/t22-,24-,25+,26-,27+,28-,29-,30-/m1/s1. The van der Waals surface area contributed by atoms with Crippen molar-refractivity contribution in [1.29, 1.82) is 0 Å². The van der Waals surface area contributed by atoms with Crippen molar-refractivity contribution in [3.63, 3.8) is 0 Å². The summed E-state index contributed by atoms with van der Waals surface area (Å²) in [6.07, 6.45) is -8.33. The van der Waals surface area contributed by atoms with Crippen molar-refractivity contribution in [3.05, 3.63) is 53.6 Å². The average molecular weight is 637 g/mol. The van der Waals surface area contributed by atoms with Gasteiger partial charge in [0.15, 0.2) is 34.9 Å². The summed E-state index contributed by atoms with van der Waals surface area (Å²) in [5, 5.41) is 81.9. The first-order valence-corrected chi connectivity index (χ1v) is 14.0. The third-order valence-corrected chi connectivity index (χ3v) is 7.31. The molecule has 15 nitrogen and oxygen atoms in total. The molecule has 2 aliphatic rings. The fourth-order valence-electron chi connectivity index (χ4n) is 4.57. The predicted molar refractivity (Wildman–Crippen MR) is 151 cm³/mol. The summed E-state index contributed by atoms with van der Waals surface area (Å²) in [5.41, 5.74) is -1.03. The van der Waals surface area contributed by atoms with Crippen molar-refractivity contribution in [2.45, 2.75) is 68.5 Å². The van der Waals surface area contributed by atoms with Gasteiger partial charge in [-0.15, -0.1) is 0 Å². The average Bonchev–Trinajstić information content (AvgIpc) is 3.29. The van der Waals surface area contributed by atoms with Gasteiger partial charge in [0.1, 0.15) is 42.9 Å². The van der Waals surface area contributed by atoms with Gasteiger partial charge in [-0.25, -0.2) is 4.79 Å². The minimum absolute atomic E-state index is 0.0333. The van der Waals surface area contributed by atoms with Gasteiger partial charge in [-0.05, 0) is 54.8 Å². The molecule has 45 heavy (non-hydrogen) atoms. The summed E-state index contributed by atoms with van der Waals surface area (Å²) in [6, 6.07) is 8.25. The molecule has 2 aliphatic heterocycles. The van der Waals surface area contributed by atoms with Crippen LogP contribution < -0.4 is 4.74 Å². The molecule has 0 bridgehead atoms. The minimum Gasteiger partial charge on any atom is -0.504 e. The zero-order chi connectivity index (χ0) is 32.9. The molecular formula is C30H36O15.